The number of hydrogen-bond acceptors (Lipinski definition) is 5. The maximum absolute atomic E-state index is 13.1. The highest BCUT2D eigenvalue weighted by Gasteiger charge is 2.20. The Morgan fingerprint density at radius 2 is 2.06 bits per heavy atom. The molecule has 31 heavy (non-hydrogen) atoms. The number of nitrogens with zero attached hydrogens (tertiary/aromatic N) is 2. The van der Waals surface area contributed by atoms with Gasteiger partial charge in [-0.25, -0.2) is 4.98 Å². The molecule has 1 aliphatic heterocycles. The fourth-order valence-corrected chi connectivity index (χ4v) is 3.84. The van der Waals surface area contributed by atoms with E-state index in [1.54, 1.807) is 29.9 Å². The molecule has 2 aromatic carbocycles. The topological polar surface area (TPSA) is 82.4 Å². The van der Waals surface area contributed by atoms with Crippen LogP contribution in [-0.2, 0) is 30.7 Å². The number of fused-ring (bicyclic) bond motifs is 2. The molecule has 4 rings (SSSR count). The van der Waals surface area contributed by atoms with Gasteiger partial charge in [-0.2, -0.15) is 0 Å². The zero-order valence-electron chi connectivity index (χ0n) is 17.5. The number of aromatic nitrogens is 2. The number of allylic oxidation sites excluding steroid dienone is 1. The van der Waals surface area contributed by atoms with E-state index < -0.39 is 0 Å². The first-order valence-electron chi connectivity index (χ1n) is 10.3. The van der Waals surface area contributed by atoms with Crippen LogP contribution in [0.15, 0.2) is 53.8 Å². The summed E-state index contributed by atoms with van der Waals surface area (Å²) in [5.74, 6) is 1.85. The Morgan fingerprint density at radius 1 is 1.26 bits per heavy atom. The molecular formula is C24H25N3O4. The van der Waals surface area contributed by atoms with E-state index in [4.69, 9.17) is 9.47 Å². The van der Waals surface area contributed by atoms with Crippen LogP contribution in [0.1, 0.15) is 23.4 Å². The molecule has 160 valence electrons. The SMILES string of the molecule is C=CCc1c(OCC(=O)NCc2ccc(OC)cc2)ccc2nc3n(c(=O)c12)CCC3. The van der Waals surface area contributed by atoms with Crippen molar-refractivity contribution < 1.29 is 14.3 Å². The summed E-state index contributed by atoms with van der Waals surface area (Å²) in [4.78, 5) is 30.0. The summed E-state index contributed by atoms with van der Waals surface area (Å²) in [6, 6.07) is 11.0. The Bertz CT molecular complexity index is 1180. The van der Waals surface area contributed by atoms with Crippen molar-refractivity contribution in [1.82, 2.24) is 14.9 Å². The maximum atomic E-state index is 13.1. The largest absolute Gasteiger partial charge is 0.497 e. The molecule has 1 N–H and O–H groups in total. The molecule has 0 aliphatic carbocycles. The first-order chi connectivity index (χ1) is 15.1. The third-order valence-corrected chi connectivity index (χ3v) is 5.41. The van der Waals surface area contributed by atoms with E-state index in [1.807, 2.05) is 24.3 Å². The third kappa shape index (κ3) is 4.30. The van der Waals surface area contributed by atoms with E-state index in [1.165, 1.54) is 0 Å². The van der Waals surface area contributed by atoms with Crippen LogP contribution in [0.3, 0.4) is 0 Å². The van der Waals surface area contributed by atoms with Crippen molar-refractivity contribution in [3.8, 4) is 11.5 Å². The lowest BCUT2D eigenvalue weighted by Gasteiger charge is -2.14. The van der Waals surface area contributed by atoms with Crippen molar-refractivity contribution in [1.29, 1.82) is 0 Å². The smallest absolute Gasteiger partial charge is 0.261 e. The molecule has 0 atom stereocenters. The first kappa shape index (κ1) is 20.7. The normalized spacial score (nSPS) is 12.4. The number of carbonyl (C=O) groups is 1. The van der Waals surface area contributed by atoms with Gasteiger partial charge in [-0.3, -0.25) is 14.2 Å². The average molecular weight is 419 g/mol. The second-order valence-electron chi connectivity index (χ2n) is 7.43. The predicted octanol–water partition coefficient (Wildman–Crippen LogP) is 2.78. The summed E-state index contributed by atoms with van der Waals surface area (Å²) in [6.45, 7) is 4.73. The Kier molecular flexibility index (Phi) is 6.02. The monoisotopic (exact) mass is 419 g/mol. The molecular weight excluding hydrogens is 394 g/mol. The van der Waals surface area contributed by atoms with Crippen molar-refractivity contribution in [3.05, 3.63) is 76.4 Å². The number of methoxy groups -OCH3 is 1. The highest BCUT2D eigenvalue weighted by Crippen LogP contribution is 2.27. The molecule has 1 aliphatic rings. The summed E-state index contributed by atoms with van der Waals surface area (Å²) >= 11 is 0. The van der Waals surface area contributed by atoms with Gasteiger partial charge in [0.15, 0.2) is 6.61 Å². The average Bonchev–Trinajstić information content (AvgIpc) is 3.26. The fourth-order valence-electron chi connectivity index (χ4n) is 3.84. The van der Waals surface area contributed by atoms with E-state index in [2.05, 4.69) is 16.9 Å². The maximum Gasteiger partial charge on any atom is 0.261 e. The summed E-state index contributed by atoms with van der Waals surface area (Å²) in [6.07, 6.45) is 3.92. The lowest BCUT2D eigenvalue weighted by atomic mass is 10.0. The number of nitrogens with one attached hydrogen (secondary N) is 1. The minimum absolute atomic E-state index is 0.0521. The van der Waals surface area contributed by atoms with Gasteiger partial charge in [0.1, 0.15) is 17.3 Å². The van der Waals surface area contributed by atoms with Gasteiger partial charge in [0, 0.05) is 25.1 Å². The summed E-state index contributed by atoms with van der Waals surface area (Å²) < 4.78 is 12.7. The van der Waals surface area contributed by atoms with Crippen LogP contribution >= 0.6 is 0 Å². The Morgan fingerprint density at radius 3 is 2.81 bits per heavy atom. The Labute approximate surface area is 180 Å². The number of hydrogen-bond donors (Lipinski definition) is 1. The molecule has 1 amide bonds. The van der Waals surface area contributed by atoms with Gasteiger partial charge in [-0.15, -0.1) is 6.58 Å². The molecule has 1 aromatic heterocycles. The molecule has 0 saturated carbocycles. The molecule has 7 nitrogen and oxygen atoms in total. The summed E-state index contributed by atoms with van der Waals surface area (Å²) in [7, 11) is 1.61. The van der Waals surface area contributed by atoms with Gasteiger partial charge < -0.3 is 14.8 Å². The molecule has 3 aromatic rings. The Hall–Kier alpha value is -3.61. The Balaban J connectivity index is 1.49. The number of ether oxygens (including phenoxy) is 2. The molecule has 0 fully saturated rings. The number of benzene rings is 2. The second-order valence-corrected chi connectivity index (χ2v) is 7.43. The second kappa shape index (κ2) is 9.04. The highest BCUT2D eigenvalue weighted by atomic mass is 16.5. The standard InChI is InChI=1S/C24H25N3O4/c1-3-5-18-20(12-11-19-23(18)24(29)27-13-4-6-21(27)26-19)31-15-22(28)25-14-16-7-9-17(30-2)10-8-16/h3,7-12H,1,4-6,13-15H2,2H3,(H,25,28). The van der Waals surface area contributed by atoms with E-state index in [-0.39, 0.29) is 18.1 Å². The van der Waals surface area contributed by atoms with Gasteiger partial charge in [-0.05, 0) is 42.7 Å². The quantitative estimate of drug-likeness (QED) is 0.568. The van der Waals surface area contributed by atoms with Crippen molar-refractivity contribution in [3.63, 3.8) is 0 Å². The number of rotatable bonds is 8. The zero-order chi connectivity index (χ0) is 21.8. The first-order valence-corrected chi connectivity index (χ1v) is 10.3. The lowest BCUT2D eigenvalue weighted by Crippen LogP contribution is -2.28. The molecule has 2 heterocycles. The number of aryl methyl sites for hydroxylation is 1. The van der Waals surface area contributed by atoms with Gasteiger partial charge in [0.25, 0.3) is 11.5 Å². The minimum Gasteiger partial charge on any atom is -0.497 e. The molecule has 0 unspecified atom stereocenters. The van der Waals surface area contributed by atoms with Crippen LogP contribution in [-0.4, -0.2) is 29.2 Å². The van der Waals surface area contributed by atoms with Gasteiger partial charge >= 0.3 is 0 Å². The molecule has 0 bridgehead atoms. The predicted molar refractivity (Wildman–Crippen MR) is 119 cm³/mol. The van der Waals surface area contributed by atoms with Crippen molar-refractivity contribution in [2.45, 2.75) is 32.4 Å². The van der Waals surface area contributed by atoms with E-state index >= 15 is 0 Å². The van der Waals surface area contributed by atoms with Gasteiger partial charge in [0.05, 0.1) is 18.0 Å². The van der Waals surface area contributed by atoms with E-state index in [0.717, 1.165) is 35.5 Å². The summed E-state index contributed by atoms with van der Waals surface area (Å²) in [5.41, 5.74) is 2.28. The third-order valence-electron chi connectivity index (χ3n) is 5.41. The van der Waals surface area contributed by atoms with E-state index in [0.29, 0.717) is 36.2 Å². The number of amides is 1. The van der Waals surface area contributed by atoms with Crippen molar-refractivity contribution >= 4 is 16.8 Å². The fraction of sp³-hybridized carbons (Fsp3) is 0.292. The molecule has 0 spiro atoms. The molecule has 0 radical (unpaired) electrons. The lowest BCUT2D eigenvalue weighted by molar-refractivity contribution is -0.123. The number of carbonyl (C=O) groups excluding carboxylic acids is 1. The van der Waals surface area contributed by atoms with Crippen LogP contribution in [0, 0.1) is 0 Å². The van der Waals surface area contributed by atoms with Gasteiger partial charge in [0.2, 0.25) is 0 Å². The van der Waals surface area contributed by atoms with Crippen LogP contribution in [0.5, 0.6) is 11.5 Å². The van der Waals surface area contributed by atoms with Crippen LogP contribution in [0.25, 0.3) is 10.9 Å². The van der Waals surface area contributed by atoms with E-state index in [9.17, 15) is 9.59 Å². The van der Waals surface area contributed by atoms with Crippen LogP contribution in [0.2, 0.25) is 0 Å². The van der Waals surface area contributed by atoms with Crippen LogP contribution in [0.4, 0.5) is 0 Å². The van der Waals surface area contributed by atoms with Gasteiger partial charge in [-0.1, -0.05) is 18.2 Å². The zero-order valence-corrected chi connectivity index (χ0v) is 17.5. The molecule has 7 heteroatoms. The van der Waals surface area contributed by atoms with Crippen molar-refractivity contribution in [2.75, 3.05) is 13.7 Å². The summed E-state index contributed by atoms with van der Waals surface area (Å²) in [5, 5.41) is 3.38. The van der Waals surface area contributed by atoms with Crippen LogP contribution < -0.4 is 20.3 Å². The molecule has 0 saturated heterocycles. The highest BCUT2D eigenvalue weighted by molar-refractivity contribution is 5.84. The van der Waals surface area contributed by atoms with Crippen molar-refractivity contribution in [2.24, 2.45) is 0 Å². The minimum atomic E-state index is -0.246.